The molecule has 7 nitrogen and oxygen atoms in total. The Balaban J connectivity index is 2.27. The van der Waals surface area contributed by atoms with Gasteiger partial charge in [-0.3, -0.25) is 10.1 Å². The number of phenolic OH excluding ortho intramolecular Hbond substituents is 1. The minimum absolute atomic E-state index is 0.0244. The van der Waals surface area contributed by atoms with Crippen LogP contribution in [0, 0.1) is 0 Å². The minimum Gasteiger partial charge on any atom is -0.503 e. The smallest absolute Gasteiger partial charge is 0.412 e. The number of carbonyl (C=O) groups is 2. The fourth-order valence-corrected chi connectivity index (χ4v) is 2.37. The van der Waals surface area contributed by atoms with Crippen molar-refractivity contribution in [1.29, 1.82) is 0 Å². The van der Waals surface area contributed by atoms with Crippen molar-refractivity contribution >= 4 is 17.7 Å². The molecular weight excluding hydrogens is 300 g/mol. The van der Waals surface area contributed by atoms with Crippen LogP contribution in [0.4, 0.5) is 10.5 Å². The van der Waals surface area contributed by atoms with Crippen LogP contribution in [0.2, 0.25) is 0 Å². The maximum Gasteiger partial charge on any atom is 0.412 e. The summed E-state index contributed by atoms with van der Waals surface area (Å²) in [7, 11) is 1.42. The second kappa shape index (κ2) is 6.36. The van der Waals surface area contributed by atoms with Crippen LogP contribution in [0.25, 0.3) is 0 Å². The summed E-state index contributed by atoms with van der Waals surface area (Å²) < 4.78 is 10.3. The van der Waals surface area contributed by atoms with Gasteiger partial charge in [0.1, 0.15) is 5.60 Å². The van der Waals surface area contributed by atoms with Crippen molar-refractivity contribution < 1.29 is 24.2 Å². The third-order valence-electron chi connectivity index (χ3n) is 3.40. The van der Waals surface area contributed by atoms with Crippen molar-refractivity contribution in [2.45, 2.75) is 38.7 Å². The summed E-state index contributed by atoms with van der Waals surface area (Å²) >= 11 is 0. The molecule has 1 saturated heterocycles. The molecular formula is C16H22N2O5. The van der Waals surface area contributed by atoms with Crippen molar-refractivity contribution in [2.24, 2.45) is 0 Å². The van der Waals surface area contributed by atoms with Crippen LogP contribution in [0.1, 0.15) is 38.7 Å². The van der Waals surface area contributed by atoms with E-state index in [0.29, 0.717) is 13.0 Å². The van der Waals surface area contributed by atoms with E-state index < -0.39 is 11.7 Å². The van der Waals surface area contributed by atoms with Crippen molar-refractivity contribution in [2.75, 3.05) is 19.0 Å². The summed E-state index contributed by atoms with van der Waals surface area (Å²) in [6.07, 6.45) is -0.313. The number of anilines is 1. The van der Waals surface area contributed by atoms with E-state index >= 15 is 0 Å². The van der Waals surface area contributed by atoms with Crippen LogP contribution in [-0.2, 0) is 9.53 Å². The fraction of sp³-hybridized carbons (Fsp3) is 0.500. The molecule has 0 radical (unpaired) electrons. The van der Waals surface area contributed by atoms with E-state index in [0.717, 1.165) is 5.56 Å². The maximum absolute atomic E-state index is 11.9. The van der Waals surface area contributed by atoms with Crippen molar-refractivity contribution in [1.82, 2.24) is 5.32 Å². The zero-order chi connectivity index (χ0) is 17.2. The fourth-order valence-electron chi connectivity index (χ4n) is 2.37. The van der Waals surface area contributed by atoms with Gasteiger partial charge in [0, 0.05) is 18.9 Å². The molecule has 0 aromatic heterocycles. The lowest BCUT2D eigenvalue weighted by molar-refractivity contribution is -0.119. The highest BCUT2D eigenvalue weighted by Gasteiger charge is 2.26. The normalized spacial score (nSPS) is 17.6. The van der Waals surface area contributed by atoms with Gasteiger partial charge in [0.2, 0.25) is 5.91 Å². The number of aromatic hydroxyl groups is 1. The summed E-state index contributed by atoms with van der Waals surface area (Å²) in [6, 6.07) is 3.30. The number of nitrogens with one attached hydrogen (secondary N) is 2. The van der Waals surface area contributed by atoms with Gasteiger partial charge in [0.25, 0.3) is 0 Å². The maximum atomic E-state index is 11.9. The van der Waals surface area contributed by atoms with Gasteiger partial charge in [-0.05, 0) is 38.5 Å². The highest BCUT2D eigenvalue weighted by molar-refractivity contribution is 5.88. The van der Waals surface area contributed by atoms with Gasteiger partial charge in [0.15, 0.2) is 11.5 Å². The SMILES string of the molecule is COc1cc(C2CNC(=O)C2)cc(NC(=O)OC(C)(C)C)c1O. The van der Waals surface area contributed by atoms with Gasteiger partial charge in [0.05, 0.1) is 12.8 Å². The molecule has 1 fully saturated rings. The molecule has 7 heteroatoms. The Labute approximate surface area is 135 Å². The number of phenols is 1. The van der Waals surface area contributed by atoms with Crippen LogP contribution >= 0.6 is 0 Å². The third-order valence-corrected chi connectivity index (χ3v) is 3.40. The lowest BCUT2D eigenvalue weighted by atomic mass is 9.97. The molecule has 1 unspecified atom stereocenters. The summed E-state index contributed by atoms with van der Waals surface area (Å²) in [4.78, 5) is 23.3. The van der Waals surface area contributed by atoms with Crippen LogP contribution in [-0.4, -0.2) is 36.4 Å². The average molecular weight is 322 g/mol. The van der Waals surface area contributed by atoms with E-state index in [4.69, 9.17) is 9.47 Å². The highest BCUT2D eigenvalue weighted by Crippen LogP contribution is 2.39. The van der Waals surface area contributed by atoms with Gasteiger partial charge in [-0.15, -0.1) is 0 Å². The predicted molar refractivity (Wildman–Crippen MR) is 84.9 cm³/mol. The quantitative estimate of drug-likeness (QED) is 0.742. The second-order valence-corrected chi connectivity index (χ2v) is 6.45. The Morgan fingerprint density at radius 3 is 2.61 bits per heavy atom. The Morgan fingerprint density at radius 1 is 1.39 bits per heavy atom. The molecule has 1 aliphatic heterocycles. The predicted octanol–water partition coefficient (Wildman–Crippen LogP) is 2.35. The zero-order valence-corrected chi connectivity index (χ0v) is 13.7. The van der Waals surface area contributed by atoms with E-state index in [1.165, 1.54) is 7.11 Å². The minimum atomic E-state index is -0.673. The lowest BCUT2D eigenvalue weighted by Crippen LogP contribution is -2.27. The number of amides is 2. The van der Waals surface area contributed by atoms with Gasteiger partial charge in [-0.25, -0.2) is 4.79 Å². The number of benzene rings is 1. The van der Waals surface area contributed by atoms with Crippen LogP contribution < -0.4 is 15.4 Å². The molecule has 1 atom stereocenters. The van der Waals surface area contributed by atoms with Crippen LogP contribution in [0.3, 0.4) is 0 Å². The molecule has 3 N–H and O–H groups in total. The first-order valence-electron chi connectivity index (χ1n) is 7.37. The Hall–Kier alpha value is -2.44. The van der Waals surface area contributed by atoms with Crippen molar-refractivity contribution in [3.63, 3.8) is 0 Å². The van der Waals surface area contributed by atoms with E-state index in [1.807, 2.05) is 0 Å². The number of rotatable bonds is 3. The molecule has 1 heterocycles. The Kier molecular flexibility index (Phi) is 4.68. The van der Waals surface area contributed by atoms with Gasteiger partial charge < -0.3 is 19.9 Å². The summed E-state index contributed by atoms with van der Waals surface area (Å²) in [5.41, 5.74) is 0.334. The van der Waals surface area contributed by atoms with E-state index in [-0.39, 0.29) is 29.0 Å². The zero-order valence-electron chi connectivity index (χ0n) is 13.7. The van der Waals surface area contributed by atoms with Gasteiger partial charge >= 0.3 is 6.09 Å². The molecule has 23 heavy (non-hydrogen) atoms. The summed E-state index contributed by atoms with van der Waals surface area (Å²) in [6.45, 7) is 5.76. The molecule has 0 aliphatic carbocycles. The highest BCUT2D eigenvalue weighted by atomic mass is 16.6. The standard InChI is InChI=1S/C16H22N2O5/c1-16(2,3)23-15(21)18-11-5-9(6-12(22-4)14(11)20)10-7-13(19)17-8-10/h5-6,10,20H,7-8H2,1-4H3,(H,17,19)(H,18,21). The Morgan fingerprint density at radius 2 is 2.09 bits per heavy atom. The molecule has 2 amide bonds. The topological polar surface area (TPSA) is 96.9 Å². The molecule has 0 spiro atoms. The first-order valence-corrected chi connectivity index (χ1v) is 7.37. The average Bonchev–Trinajstić information content (AvgIpc) is 2.85. The van der Waals surface area contributed by atoms with Crippen molar-refractivity contribution in [3.8, 4) is 11.5 Å². The summed E-state index contributed by atoms with van der Waals surface area (Å²) in [5.74, 6) is -0.00724. The van der Waals surface area contributed by atoms with Gasteiger partial charge in [-0.2, -0.15) is 0 Å². The van der Waals surface area contributed by atoms with Crippen LogP contribution in [0.15, 0.2) is 12.1 Å². The number of carbonyl (C=O) groups excluding carboxylic acids is 2. The van der Waals surface area contributed by atoms with Crippen molar-refractivity contribution in [3.05, 3.63) is 17.7 Å². The second-order valence-electron chi connectivity index (χ2n) is 6.45. The molecule has 1 aromatic rings. The monoisotopic (exact) mass is 322 g/mol. The summed E-state index contributed by atoms with van der Waals surface area (Å²) in [5, 5.41) is 15.5. The van der Waals surface area contributed by atoms with E-state index in [1.54, 1.807) is 32.9 Å². The number of hydrogen-bond acceptors (Lipinski definition) is 5. The Bertz CT molecular complexity index is 622. The number of hydrogen-bond donors (Lipinski definition) is 3. The van der Waals surface area contributed by atoms with E-state index in [9.17, 15) is 14.7 Å². The lowest BCUT2D eigenvalue weighted by Gasteiger charge is -2.21. The number of ether oxygens (including phenoxy) is 2. The van der Waals surface area contributed by atoms with Crippen LogP contribution in [0.5, 0.6) is 11.5 Å². The van der Waals surface area contributed by atoms with Gasteiger partial charge in [-0.1, -0.05) is 0 Å². The molecule has 126 valence electrons. The molecule has 1 aromatic carbocycles. The molecule has 0 saturated carbocycles. The third kappa shape index (κ3) is 4.28. The first-order chi connectivity index (χ1) is 10.7. The number of methoxy groups -OCH3 is 1. The molecule has 1 aliphatic rings. The molecule has 0 bridgehead atoms. The first kappa shape index (κ1) is 16.9. The largest absolute Gasteiger partial charge is 0.503 e. The van der Waals surface area contributed by atoms with E-state index in [2.05, 4.69) is 10.6 Å². The molecule has 2 rings (SSSR count).